The van der Waals surface area contributed by atoms with Gasteiger partial charge in [0, 0.05) is 13.1 Å². The highest BCUT2D eigenvalue weighted by Crippen LogP contribution is 2.30. The number of nitrogen functional groups attached to an aromatic ring is 1. The molecule has 33 heavy (non-hydrogen) atoms. The van der Waals surface area contributed by atoms with Crippen LogP contribution in [-0.2, 0) is 4.79 Å². The molecule has 2 N–H and O–H groups in total. The van der Waals surface area contributed by atoms with E-state index in [9.17, 15) is 9.59 Å². The average Bonchev–Trinajstić information content (AvgIpc) is 3.43. The molecule has 1 aliphatic carbocycles. The molecule has 5 rings (SSSR count). The van der Waals surface area contributed by atoms with E-state index in [1.165, 1.54) is 6.08 Å². The van der Waals surface area contributed by atoms with Crippen LogP contribution in [0, 0.1) is 0 Å². The van der Waals surface area contributed by atoms with Gasteiger partial charge in [0.2, 0.25) is 5.91 Å². The molecule has 1 saturated heterocycles. The topological polar surface area (TPSA) is 82.5 Å². The monoisotopic (exact) mass is 442 g/mol. The Bertz CT molecular complexity index is 1340. The highest BCUT2D eigenvalue weighted by molar-refractivity contribution is 5.90. The summed E-state index contributed by atoms with van der Waals surface area (Å²) in [6.07, 6.45) is 10.1. The number of hydrogen-bond acceptors (Lipinski definition) is 4. The molecule has 1 fully saturated rings. The lowest BCUT2D eigenvalue weighted by atomic mass is 10.2. The predicted molar refractivity (Wildman–Crippen MR) is 129 cm³/mol. The zero-order valence-corrected chi connectivity index (χ0v) is 18.3. The molecule has 0 radical (unpaired) electrons. The molecule has 7 nitrogen and oxygen atoms in total. The van der Waals surface area contributed by atoms with Crippen LogP contribution in [0.15, 0.2) is 83.9 Å². The van der Waals surface area contributed by atoms with Crippen LogP contribution in [0.4, 0.5) is 5.69 Å². The standard InChI is InChI=1S/C26H26N4O3/c1-2-24(31)28-16-15-19(17-28)29-23-10-6-9-22(27)25(23)30(26(29)32)18-11-13-21(14-12-18)33-20-7-4-3-5-8-20/h2,4,6-14,19H,1,3,5,15-17,27H2. The molecular weight excluding hydrogens is 416 g/mol. The van der Waals surface area contributed by atoms with Gasteiger partial charge in [-0.05, 0) is 73.9 Å². The van der Waals surface area contributed by atoms with Gasteiger partial charge in [-0.3, -0.25) is 13.9 Å². The number of amides is 1. The molecule has 1 amide bonds. The van der Waals surface area contributed by atoms with Crippen LogP contribution in [-0.4, -0.2) is 33.0 Å². The average molecular weight is 443 g/mol. The normalized spacial score (nSPS) is 17.9. The van der Waals surface area contributed by atoms with Gasteiger partial charge < -0.3 is 15.4 Å². The van der Waals surface area contributed by atoms with Crippen molar-refractivity contribution in [3.63, 3.8) is 0 Å². The maximum Gasteiger partial charge on any atom is 0.334 e. The van der Waals surface area contributed by atoms with Crippen LogP contribution in [0.5, 0.6) is 5.75 Å². The number of ether oxygens (including phenoxy) is 1. The summed E-state index contributed by atoms with van der Waals surface area (Å²) in [6.45, 7) is 4.63. The molecule has 2 heterocycles. The summed E-state index contributed by atoms with van der Waals surface area (Å²) in [5.74, 6) is 1.41. The van der Waals surface area contributed by atoms with Gasteiger partial charge in [-0.15, -0.1) is 0 Å². The Morgan fingerprint density at radius 3 is 2.70 bits per heavy atom. The van der Waals surface area contributed by atoms with Gasteiger partial charge in [0.15, 0.2) is 0 Å². The number of likely N-dealkylation sites (tertiary alicyclic amines) is 1. The Hall–Kier alpha value is -4.00. The van der Waals surface area contributed by atoms with Gasteiger partial charge in [-0.25, -0.2) is 4.79 Å². The molecule has 7 heteroatoms. The van der Waals surface area contributed by atoms with Gasteiger partial charge >= 0.3 is 5.69 Å². The van der Waals surface area contributed by atoms with Crippen molar-refractivity contribution in [2.24, 2.45) is 0 Å². The summed E-state index contributed by atoms with van der Waals surface area (Å²) in [5.41, 5.74) is 8.82. The summed E-state index contributed by atoms with van der Waals surface area (Å²) in [4.78, 5) is 27.5. The minimum Gasteiger partial charge on any atom is -0.458 e. The van der Waals surface area contributed by atoms with Crippen LogP contribution in [0.1, 0.15) is 25.3 Å². The number of anilines is 1. The first-order valence-corrected chi connectivity index (χ1v) is 11.1. The molecule has 0 saturated carbocycles. The van der Waals surface area contributed by atoms with Crippen molar-refractivity contribution in [2.45, 2.75) is 25.3 Å². The van der Waals surface area contributed by atoms with Gasteiger partial charge in [0.25, 0.3) is 0 Å². The smallest absolute Gasteiger partial charge is 0.334 e. The number of carbonyl (C=O) groups is 1. The number of nitrogens with two attached hydrogens (primary N) is 1. The van der Waals surface area contributed by atoms with E-state index in [1.807, 2.05) is 42.5 Å². The van der Waals surface area contributed by atoms with Crippen molar-refractivity contribution in [2.75, 3.05) is 18.8 Å². The first kappa shape index (κ1) is 20.9. The van der Waals surface area contributed by atoms with Crippen molar-refractivity contribution in [1.29, 1.82) is 0 Å². The lowest BCUT2D eigenvalue weighted by Crippen LogP contribution is -2.31. The molecule has 2 aliphatic rings. The van der Waals surface area contributed by atoms with Crippen LogP contribution in [0.2, 0.25) is 0 Å². The maximum atomic E-state index is 13.7. The highest BCUT2D eigenvalue weighted by atomic mass is 16.5. The molecule has 3 aromatic rings. The zero-order chi connectivity index (χ0) is 22.9. The van der Waals surface area contributed by atoms with E-state index in [2.05, 4.69) is 18.7 Å². The lowest BCUT2D eigenvalue weighted by Gasteiger charge is -2.15. The molecule has 1 aromatic heterocycles. The molecule has 1 atom stereocenters. The number of para-hydroxylation sites is 1. The van der Waals surface area contributed by atoms with Crippen LogP contribution >= 0.6 is 0 Å². The number of carbonyl (C=O) groups excluding carboxylic acids is 1. The SMILES string of the molecule is C=CC(=O)N1CCC(n2c(=O)n(-c3ccc(OC4=CCCC=C4)cc3)c3c(N)cccc32)C1. The fourth-order valence-corrected chi connectivity index (χ4v) is 4.63. The Morgan fingerprint density at radius 1 is 1.15 bits per heavy atom. The number of allylic oxidation sites excluding steroid dienone is 3. The Labute approximate surface area is 191 Å². The number of fused-ring (bicyclic) bond motifs is 1. The fraction of sp³-hybridized carbons (Fsp3) is 0.231. The first-order valence-electron chi connectivity index (χ1n) is 11.1. The van der Waals surface area contributed by atoms with Crippen molar-refractivity contribution in [3.8, 4) is 11.4 Å². The molecule has 1 unspecified atom stereocenters. The fourth-order valence-electron chi connectivity index (χ4n) is 4.63. The van der Waals surface area contributed by atoms with E-state index in [0.717, 1.165) is 24.1 Å². The Morgan fingerprint density at radius 2 is 1.97 bits per heavy atom. The maximum absolute atomic E-state index is 13.7. The quantitative estimate of drug-likeness (QED) is 0.479. The number of benzene rings is 2. The molecule has 2 aromatic carbocycles. The molecule has 0 bridgehead atoms. The Kier molecular flexibility index (Phi) is 5.38. The summed E-state index contributed by atoms with van der Waals surface area (Å²) in [5, 5.41) is 0. The third-order valence-corrected chi connectivity index (χ3v) is 6.23. The number of hydrogen-bond donors (Lipinski definition) is 1. The van der Waals surface area contributed by atoms with Gasteiger partial charge in [-0.1, -0.05) is 18.7 Å². The minimum atomic E-state index is -0.174. The third-order valence-electron chi connectivity index (χ3n) is 6.23. The van der Waals surface area contributed by atoms with Crippen molar-refractivity contribution < 1.29 is 9.53 Å². The van der Waals surface area contributed by atoms with E-state index in [1.54, 1.807) is 20.1 Å². The third kappa shape index (κ3) is 3.75. The molecular formula is C26H26N4O3. The minimum absolute atomic E-state index is 0.118. The lowest BCUT2D eigenvalue weighted by molar-refractivity contribution is -0.125. The Balaban J connectivity index is 1.54. The van der Waals surface area contributed by atoms with Crippen molar-refractivity contribution in [3.05, 3.63) is 89.6 Å². The molecule has 1 aliphatic heterocycles. The van der Waals surface area contributed by atoms with Crippen LogP contribution in [0.3, 0.4) is 0 Å². The number of rotatable bonds is 5. The molecule has 0 spiro atoms. The number of nitrogens with zero attached hydrogens (tertiary/aromatic N) is 3. The predicted octanol–water partition coefficient (Wildman–Crippen LogP) is 3.95. The molecule has 168 valence electrons. The van der Waals surface area contributed by atoms with Crippen LogP contribution < -0.4 is 16.2 Å². The van der Waals surface area contributed by atoms with E-state index < -0.39 is 0 Å². The van der Waals surface area contributed by atoms with Crippen molar-refractivity contribution in [1.82, 2.24) is 14.0 Å². The van der Waals surface area contributed by atoms with Gasteiger partial charge in [-0.2, -0.15) is 0 Å². The zero-order valence-electron chi connectivity index (χ0n) is 18.3. The van der Waals surface area contributed by atoms with Crippen molar-refractivity contribution >= 4 is 22.6 Å². The largest absolute Gasteiger partial charge is 0.458 e. The van der Waals surface area contributed by atoms with E-state index in [-0.39, 0.29) is 17.6 Å². The second-order valence-corrected chi connectivity index (χ2v) is 8.32. The number of imidazole rings is 1. The summed E-state index contributed by atoms with van der Waals surface area (Å²) in [7, 11) is 0. The van der Waals surface area contributed by atoms with Gasteiger partial charge in [0.05, 0.1) is 28.5 Å². The number of aromatic nitrogens is 2. The van der Waals surface area contributed by atoms with Crippen LogP contribution in [0.25, 0.3) is 16.7 Å². The second-order valence-electron chi connectivity index (χ2n) is 8.32. The van der Waals surface area contributed by atoms with Gasteiger partial charge in [0.1, 0.15) is 11.5 Å². The summed E-state index contributed by atoms with van der Waals surface area (Å²) < 4.78 is 9.34. The van der Waals surface area contributed by atoms with E-state index in [0.29, 0.717) is 42.2 Å². The summed E-state index contributed by atoms with van der Waals surface area (Å²) >= 11 is 0. The van der Waals surface area contributed by atoms with E-state index >= 15 is 0 Å². The summed E-state index contributed by atoms with van der Waals surface area (Å²) in [6, 6.07) is 12.9. The second kappa shape index (κ2) is 8.50. The first-order chi connectivity index (χ1) is 16.1. The highest BCUT2D eigenvalue weighted by Gasteiger charge is 2.30. The van der Waals surface area contributed by atoms with E-state index in [4.69, 9.17) is 10.5 Å².